The number of carbonyl (C=O) groups excluding carboxylic acids is 1. The van der Waals surface area contributed by atoms with Crippen LogP contribution in [-0.4, -0.2) is 37.8 Å². The van der Waals surface area contributed by atoms with Crippen LogP contribution in [0.5, 0.6) is 0 Å². The van der Waals surface area contributed by atoms with E-state index in [1.807, 2.05) is 31.8 Å². The van der Waals surface area contributed by atoms with Crippen molar-refractivity contribution in [3.05, 3.63) is 27.5 Å². The third-order valence-corrected chi connectivity index (χ3v) is 6.07. The van der Waals surface area contributed by atoms with E-state index in [0.717, 1.165) is 28.4 Å². The molecule has 0 spiro atoms. The third kappa shape index (κ3) is 3.92. The second-order valence-corrected chi connectivity index (χ2v) is 8.40. The van der Waals surface area contributed by atoms with Gasteiger partial charge in [0.1, 0.15) is 0 Å². The number of thiazole rings is 1. The molecule has 2 aromatic heterocycles. The third-order valence-electron chi connectivity index (χ3n) is 5.16. The maximum absolute atomic E-state index is 12.8. The Morgan fingerprint density at radius 3 is 2.56 bits per heavy atom. The molecule has 1 saturated carbocycles. The predicted molar refractivity (Wildman–Crippen MR) is 98.9 cm³/mol. The summed E-state index contributed by atoms with van der Waals surface area (Å²) in [5.41, 5.74) is 1.39. The minimum Gasteiger partial charge on any atom is -0.332 e. The number of rotatable bonds is 4. The second-order valence-electron chi connectivity index (χ2n) is 7.00. The zero-order valence-corrected chi connectivity index (χ0v) is 16.3. The number of hydrogen-bond acceptors (Lipinski definition) is 5. The average molecular weight is 362 g/mol. The number of aromatic nitrogens is 4. The fourth-order valence-corrected chi connectivity index (χ4v) is 4.46. The van der Waals surface area contributed by atoms with Crippen molar-refractivity contribution in [2.75, 3.05) is 7.05 Å². The molecule has 1 aliphatic rings. The maximum Gasteiger partial charge on any atom is 0.276 e. The zero-order valence-electron chi connectivity index (χ0n) is 15.5. The average Bonchev–Trinajstić information content (AvgIpc) is 3.10. The van der Waals surface area contributed by atoms with Crippen LogP contribution >= 0.6 is 11.3 Å². The molecule has 0 bridgehead atoms. The van der Waals surface area contributed by atoms with E-state index in [9.17, 15) is 4.79 Å². The monoisotopic (exact) mass is 361 g/mol. The van der Waals surface area contributed by atoms with Gasteiger partial charge in [-0.2, -0.15) is 0 Å². The molecule has 1 atom stereocenters. The molecule has 0 aromatic carbocycles. The van der Waals surface area contributed by atoms with Gasteiger partial charge < -0.3 is 4.90 Å². The van der Waals surface area contributed by atoms with Crippen LogP contribution in [0.2, 0.25) is 0 Å². The molecule has 0 aliphatic heterocycles. The van der Waals surface area contributed by atoms with Gasteiger partial charge in [-0.25, -0.2) is 9.67 Å². The Labute approximate surface area is 153 Å². The summed E-state index contributed by atoms with van der Waals surface area (Å²) in [5.74, 6) is -0.0996. The maximum atomic E-state index is 12.8. The minimum atomic E-state index is -0.0996. The van der Waals surface area contributed by atoms with Gasteiger partial charge in [0, 0.05) is 11.9 Å². The molecule has 1 unspecified atom stereocenters. The van der Waals surface area contributed by atoms with E-state index in [0.29, 0.717) is 11.7 Å². The highest BCUT2D eigenvalue weighted by molar-refractivity contribution is 7.11. The fraction of sp³-hybridized carbons (Fsp3) is 0.667. The highest BCUT2D eigenvalue weighted by atomic mass is 32.1. The Bertz CT molecular complexity index is 730. The van der Waals surface area contributed by atoms with E-state index < -0.39 is 0 Å². The van der Waals surface area contributed by atoms with Gasteiger partial charge in [0.2, 0.25) is 0 Å². The van der Waals surface area contributed by atoms with Gasteiger partial charge in [0.05, 0.1) is 29.0 Å². The largest absolute Gasteiger partial charge is 0.332 e. The van der Waals surface area contributed by atoms with Crippen molar-refractivity contribution in [3.63, 3.8) is 0 Å². The quantitative estimate of drug-likeness (QED) is 0.770. The van der Waals surface area contributed by atoms with Crippen molar-refractivity contribution >= 4 is 17.2 Å². The van der Waals surface area contributed by atoms with E-state index in [2.05, 4.69) is 22.2 Å². The van der Waals surface area contributed by atoms with Crippen molar-refractivity contribution < 1.29 is 4.79 Å². The standard InChI is InChI=1S/C18H27N5OS/c1-12(17-13(2)25-14(3)19-17)22(4)18(24)16-11-23(21-20-16)15-9-7-5-6-8-10-15/h11-12,15H,5-10H2,1-4H3. The van der Waals surface area contributed by atoms with E-state index in [1.165, 1.54) is 25.7 Å². The number of nitrogens with zero attached hydrogens (tertiary/aromatic N) is 5. The van der Waals surface area contributed by atoms with E-state index >= 15 is 0 Å². The smallest absolute Gasteiger partial charge is 0.276 e. The summed E-state index contributed by atoms with van der Waals surface area (Å²) in [4.78, 5) is 20.3. The number of hydrogen-bond donors (Lipinski definition) is 0. The van der Waals surface area contributed by atoms with Crippen molar-refractivity contribution in [3.8, 4) is 0 Å². The predicted octanol–water partition coefficient (Wildman–Crippen LogP) is 4.08. The fourth-order valence-electron chi connectivity index (χ4n) is 3.55. The molecular formula is C18H27N5OS. The number of aryl methyl sites for hydroxylation is 2. The van der Waals surface area contributed by atoms with Gasteiger partial charge in [-0.3, -0.25) is 4.79 Å². The van der Waals surface area contributed by atoms with E-state index in [-0.39, 0.29) is 11.9 Å². The van der Waals surface area contributed by atoms with Gasteiger partial charge in [0.15, 0.2) is 5.69 Å². The molecule has 2 aromatic rings. The van der Waals surface area contributed by atoms with Crippen LogP contribution in [0.1, 0.15) is 83.6 Å². The second kappa shape index (κ2) is 7.64. The highest BCUT2D eigenvalue weighted by Gasteiger charge is 2.25. The molecular weight excluding hydrogens is 334 g/mol. The lowest BCUT2D eigenvalue weighted by atomic mass is 10.1. The van der Waals surface area contributed by atoms with Crippen LogP contribution < -0.4 is 0 Å². The topological polar surface area (TPSA) is 63.9 Å². The zero-order chi connectivity index (χ0) is 18.0. The SMILES string of the molecule is Cc1nc(C(C)N(C)C(=O)c2cn(C3CCCCCC3)nn2)c(C)s1. The highest BCUT2D eigenvalue weighted by Crippen LogP contribution is 2.28. The summed E-state index contributed by atoms with van der Waals surface area (Å²) in [5, 5.41) is 9.42. The molecule has 136 valence electrons. The molecule has 2 heterocycles. The minimum absolute atomic E-state index is 0.0829. The van der Waals surface area contributed by atoms with E-state index in [1.54, 1.807) is 16.2 Å². The summed E-state index contributed by atoms with van der Waals surface area (Å²) in [7, 11) is 1.81. The first-order valence-corrected chi connectivity index (χ1v) is 9.92. The van der Waals surface area contributed by atoms with Crippen LogP contribution in [0.4, 0.5) is 0 Å². The van der Waals surface area contributed by atoms with Crippen LogP contribution in [-0.2, 0) is 0 Å². The molecule has 1 aliphatic carbocycles. The molecule has 25 heavy (non-hydrogen) atoms. The van der Waals surface area contributed by atoms with Gasteiger partial charge in [0.25, 0.3) is 5.91 Å². The Balaban J connectivity index is 1.73. The van der Waals surface area contributed by atoms with Crippen LogP contribution in [0, 0.1) is 13.8 Å². The number of amides is 1. The normalized spacial score (nSPS) is 17.3. The van der Waals surface area contributed by atoms with Crippen LogP contribution in [0.25, 0.3) is 0 Å². The first-order valence-electron chi connectivity index (χ1n) is 9.10. The van der Waals surface area contributed by atoms with Crippen molar-refractivity contribution in [1.29, 1.82) is 0 Å². The first-order chi connectivity index (χ1) is 12.0. The molecule has 7 heteroatoms. The van der Waals surface area contributed by atoms with E-state index in [4.69, 9.17) is 0 Å². The lowest BCUT2D eigenvalue weighted by Gasteiger charge is -2.23. The molecule has 0 N–H and O–H groups in total. The molecule has 0 saturated heterocycles. The summed E-state index contributed by atoms with van der Waals surface area (Å²) in [6.45, 7) is 6.06. The lowest BCUT2D eigenvalue weighted by Crippen LogP contribution is -2.30. The molecule has 1 amide bonds. The van der Waals surface area contributed by atoms with Crippen molar-refractivity contribution in [2.45, 2.75) is 71.4 Å². The first kappa shape index (κ1) is 18.0. The lowest BCUT2D eigenvalue weighted by molar-refractivity contribution is 0.0733. The Kier molecular flexibility index (Phi) is 5.51. The Hall–Kier alpha value is -1.76. The molecule has 6 nitrogen and oxygen atoms in total. The summed E-state index contributed by atoms with van der Waals surface area (Å²) in [6, 6.07) is 0.295. The summed E-state index contributed by atoms with van der Waals surface area (Å²) < 4.78 is 1.90. The molecule has 1 fully saturated rings. The van der Waals surface area contributed by atoms with Crippen molar-refractivity contribution in [2.24, 2.45) is 0 Å². The van der Waals surface area contributed by atoms with Gasteiger partial charge >= 0.3 is 0 Å². The molecule has 0 radical (unpaired) electrons. The Morgan fingerprint density at radius 1 is 1.28 bits per heavy atom. The van der Waals surface area contributed by atoms with Crippen LogP contribution in [0.15, 0.2) is 6.20 Å². The number of carbonyl (C=O) groups is 1. The Morgan fingerprint density at radius 2 is 1.96 bits per heavy atom. The summed E-state index contributed by atoms with van der Waals surface area (Å²) >= 11 is 1.67. The van der Waals surface area contributed by atoms with Crippen molar-refractivity contribution in [1.82, 2.24) is 24.9 Å². The summed E-state index contributed by atoms with van der Waals surface area (Å²) in [6.07, 6.45) is 9.12. The van der Waals surface area contributed by atoms with Gasteiger partial charge in [-0.05, 0) is 33.6 Å². The van der Waals surface area contributed by atoms with Gasteiger partial charge in [-0.15, -0.1) is 16.4 Å². The van der Waals surface area contributed by atoms with Gasteiger partial charge in [-0.1, -0.05) is 30.9 Å². The molecule has 3 rings (SSSR count). The van der Waals surface area contributed by atoms with Crippen LogP contribution in [0.3, 0.4) is 0 Å².